The van der Waals surface area contributed by atoms with Crippen LogP contribution in [0.1, 0.15) is 31.1 Å². The molecule has 0 amide bonds. The Morgan fingerprint density at radius 3 is 2.74 bits per heavy atom. The number of pyridine rings is 1. The summed E-state index contributed by atoms with van der Waals surface area (Å²) in [6, 6.07) is 9.36. The average molecular weight is 259 g/mol. The van der Waals surface area contributed by atoms with Crippen LogP contribution in [0.5, 0.6) is 5.88 Å². The van der Waals surface area contributed by atoms with Gasteiger partial charge in [0, 0.05) is 5.39 Å². The molecular weight excluding hydrogens is 242 g/mol. The zero-order valence-electron chi connectivity index (χ0n) is 11.3. The van der Waals surface area contributed by atoms with Gasteiger partial charge in [0.2, 0.25) is 5.88 Å². The third-order valence-corrected chi connectivity index (χ3v) is 2.53. The molecule has 2 aromatic rings. The normalized spacial score (nSPS) is 10.7. The number of ether oxygens (including phenoxy) is 2. The molecule has 1 aromatic heterocycles. The van der Waals surface area contributed by atoms with Crippen LogP contribution in [-0.4, -0.2) is 23.7 Å². The molecule has 0 aliphatic rings. The van der Waals surface area contributed by atoms with Gasteiger partial charge in [-0.3, -0.25) is 0 Å². The lowest BCUT2D eigenvalue weighted by Crippen LogP contribution is -2.13. The maximum atomic E-state index is 11.9. The quantitative estimate of drug-likeness (QED) is 0.791. The van der Waals surface area contributed by atoms with Crippen molar-refractivity contribution < 1.29 is 14.3 Å². The molecular formula is C15H17NO3. The molecule has 0 radical (unpaired) electrons. The van der Waals surface area contributed by atoms with Gasteiger partial charge < -0.3 is 9.47 Å². The highest BCUT2D eigenvalue weighted by Crippen LogP contribution is 2.24. The van der Waals surface area contributed by atoms with E-state index in [0.717, 1.165) is 10.9 Å². The van der Waals surface area contributed by atoms with E-state index < -0.39 is 5.97 Å². The second kappa shape index (κ2) is 5.69. The fraction of sp³-hybridized carbons (Fsp3) is 0.333. The lowest BCUT2D eigenvalue weighted by Gasteiger charge is -2.13. The predicted octanol–water partition coefficient (Wildman–Crippen LogP) is 3.20. The molecule has 4 heteroatoms. The van der Waals surface area contributed by atoms with Crippen LogP contribution >= 0.6 is 0 Å². The van der Waals surface area contributed by atoms with Gasteiger partial charge in [-0.25, -0.2) is 9.78 Å². The number of benzene rings is 1. The monoisotopic (exact) mass is 259 g/mol. The van der Waals surface area contributed by atoms with Gasteiger partial charge in [0.25, 0.3) is 0 Å². The van der Waals surface area contributed by atoms with Gasteiger partial charge in [0.05, 0.1) is 18.2 Å². The first-order valence-electron chi connectivity index (χ1n) is 6.35. The minimum atomic E-state index is -0.406. The maximum absolute atomic E-state index is 11.9. The molecule has 0 N–H and O–H groups in total. The van der Waals surface area contributed by atoms with Crippen molar-refractivity contribution in [1.29, 1.82) is 0 Å². The number of carbonyl (C=O) groups excluding carboxylic acids is 1. The minimum Gasteiger partial charge on any atom is -0.474 e. The van der Waals surface area contributed by atoms with E-state index in [-0.39, 0.29) is 6.10 Å². The summed E-state index contributed by atoms with van der Waals surface area (Å²) in [7, 11) is 0. The summed E-state index contributed by atoms with van der Waals surface area (Å²) >= 11 is 0. The van der Waals surface area contributed by atoms with E-state index in [9.17, 15) is 4.79 Å². The van der Waals surface area contributed by atoms with Crippen LogP contribution in [-0.2, 0) is 4.74 Å². The Kier molecular flexibility index (Phi) is 4.00. The van der Waals surface area contributed by atoms with Crippen LogP contribution in [0.3, 0.4) is 0 Å². The van der Waals surface area contributed by atoms with Gasteiger partial charge in [-0.05, 0) is 32.9 Å². The zero-order chi connectivity index (χ0) is 13.8. The van der Waals surface area contributed by atoms with Crippen molar-refractivity contribution in [3.05, 3.63) is 35.9 Å². The molecule has 1 aromatic carbocycles. The summed E-state index contributed by atoms with van der Waals surface area (Å²) in [6.45, 7) is 5.89. The van der Waals surface area contributed by atoms with Crippen LogP contribution < -0.4 is 4.74 Å². The molecule has 0 spiro atoms. The molecule has 4 nitrogen and oxygen atoms in total. The molecule has 19 heavy (non-hydrogen) atoms. The van der Waals surface area contributed by atoms with Crippen molar-refractivity contribution in [2.75, 3.05) is 6.61 Å². The molecule has 0 fully saturated rings. The van der Waals surface area contributed by atoms with Crippen molar-refractivity contribution in [1.82, 2.24) is 4.98 Å². The van der Waals surface area contributed by atoms with E-state index in [1.165, 1.54) is 0 Å². The Morgan fingerprint density at radius 2 is 2.05 bits per heavy atom. The Bertz CT molecular complexity index is 593. The molecule has 0 saturated heterocycles. The highest BCUT2D eigenvalue weighted by molar-refractivity contribution is 5.96. The molecule has 100 valence electrons. The topological polar surface area (TPSA) is 48.4 Å². The molecule has 0 atom stereocenters. The van der Waals surface area contributed by atoms with Gasteiger partial charge in [0.1, 0.15) is 5.56 Å². The summed E-state index contributed by atoms with van der Waals surface area (Å²) in [4.78, 5) is 16.3. The van der Waals surface area contributed by atoms with Gasteiger partial charge in [0.15, 0.2) is 0 Å². The lowest BCUT2D eigenvalue weighted by atomic mass is 10.1. The predicted molar refractivity (Wildman–Crippen MR) is 73.5 cm³/mol. The Labute approximate surface area is 112 Å². The molecule has 2 rings (SSSR count). The Balaban J connectivity index is 2.53. The maximum Gasteiger partial charge on any atom is 0.343 e. The standard InChI is InChI=1S/C15H17NO3/c1-4-18-15(17)12-9-11-7-5-6-8-13(11)16-14(12)19-10(2)3/h5-10H,4H2,1-3H3. The summed E-state index contributed by atoms with van der Waals surface area (Å²) < 4.78 is 10.6. The van der Waals surface area contributed by atoms with Crippen LogP contribution in [0.2, 0.25) is 0 Å². The summed E-state index contributed by atoms with van der Waals surface area (Å²) in [5.74, 6) is -0.0800. The van der Waals surface area contributed by atoms with E-state index in [0.29, 0.717) is 18.1 Å². The Morgan fingerprint density at radius 1 is 1.32 bits per heavy atom. The second-order valence-electron chi connectivity index (χ2n) is 4.42. The molecule has 1 heterocycles. The fourth-order valence-corrected chi connectivity index (χ4v) is 1.77. The van der Waals surface area contributed by atoms with Gasteiger partial charge in [-0.1, -0.05) is 18.2 Å². The first-order valence-corrected chi connectivity index (χ1v) is 6.35. The van der Waals surface area contributed by atoms with E-state index in [1.54, 1.807) is 13.0 Å². The number of hydrogen-bond acceptors (Lipinski definition) is 4. The van der Waals surface area contributed by atoms with Crippen LogP contribution in [0.4, 0.5) is 0 Å². The van der Waals surface area contributed by atoms with Crippen molar-refractivity contribution >= 4 is 16.9 Å². The van der Waals surface area contributed by atoms with E-state index in [2.05, 4.69) is 4.98 Å². The van der Waals surface area contributed by atoms with E-state index in [4.69, 9.17) is 9.47 Å². The minimum absolute atomic E-state index is 0.0539. The average Bonchev–Trinajstić information content (AvgIpc) is 2.37. The highest BCUT2D eigenvalue weighted by atomic mass is 16.5. The summed E-state index contributed by atoms with van der Waals surface area (Å²) in [5.41, 5.74) is 1.17. The largest absolute Gasteiger partial charge is 0.474 e. The zero-order valence-corrected chi connectivity index (χ0v) is 11.3. The number of para-hydroxylation sites is 1. The van der Waals surface area contributed by atoms with E-state index in [1.807, 2.05) is 38.1 Å². The fourth-order valence-electron chi connectivity index (χ4n) is 1.77. The molecule has 0 saturated carbocycles. The number of carbonyl (C=O) groups is 1. The molecule has 0 bridgehead atoms. The molecule has 0 aliphatic heterocycles. The SMILES string of the molecule is CCOC(=O)c1cc2ccccc2nc1OC(C)C. The number of nitrogens with zero attached hydrogens (tertiary/aromatic N) is 1. The smallest absolute Gasteiger partial charge is 0.343 e. The molecule has 0 unspecified atom stereocenters. The van der Waals surface area contributed by atoms with Crippen molar-refractivity contribution in [3.8, 4) is 5.88 Å². The summed E-state index contributed by atoms with van der Waals surface area (Å²) in [5, 5.41) is 0.890. The third kappa shape index (κ3) is 3.02. The van der Waals surface area contributed by atoms with E-state index >= 15 is 0 Å². The van der Waals surface area contributed by atoms with Crippen LogP contribution in [0.25, 0.3) is 10.9 Å². The van der Waals surface area contributed by atoms with Crippen molar-refractivity contribution in [2.24, 2.45) is 0 Å². The van der Waals surface area contributed by atoms with Gasteiger partial charge in [-0.2, -0.15) is 0 Å². The number of esters is 1. The first-order chi connectivity index (χ1) is 9.11. The van der Waals surface area contributed by atoms with Crippen LogP contribution in [0.15, 0.2) is 30.3 Å². The summed E-state index contributed by atoms with van der Waals surface area (Å²) in [6.07, 6.45) is -0.0539. The highest BCUT2D eigenvalue weighted by Gasteiger charge is 2.17. The number of fused-ring (bicyclic) bond motifs is 1. The molecule has 0 aliphatic carbocycles. The van der Waals surface area contributed by atoms with Crippen molar-refractivity contribution in [2.45, 2.75) is 26.9 Å². The second-order valence-corrected chi connectivity index (χ2v) is 4.42. The Hall–Kier alpha value is -2.10. The van der Waals surface area contributed by atoms with Gasteiger partial charge in [-0.15, -0.1) is 0 Å². The van der Waals surface area contributed by atoms with Crippen molar-refractivity contribution in [3.63, 3.8) is 0 Å². The lowest BCUT2D eigenvalue weighted by molar-refractivity contribution is 0.0519. The number of rotatable bonds is 4. The third-order valence-electron chi connectivity index (χ3n) is 2.53. The van der Waals surface area contributed by atoms with Crippen LogP contribution in [0, 0.1) is 0 Å². The first kappa shape index (κ1) is 13.3. The number of aromatic nitrogens is 1. The number of hydrogen-bond donors (Lipinski definition) is 0. The van der Waals surface area contributed by atoms with Gasteiger partial charge >= 0.3 is 5.97 Å².